The van der Waals surface area contributed by atoms with Crippen molar-refractivity contribution >= 4 is 34.7 Å². The monoisotopic (exact) mass is 653 g/mol. The Morgan fingerprint density at radius 1 is 0.896 bits per heavy atom. The molecule has 48 heavy (non-hydrogen) atoms. The van der Waals surface area contributed by atoms with E-state index in [2.05, 4.69) is 17.2 Å². The van der Waals surface area contributed by atoms with Crippen molar-refractivity contribution < 1.29 is 28.7 Å². The smallest absolute Gasteiger partial charge is 0.308 e. The molecule has 0 spiro atoms. The molecule has 0 saturated heterocycles. The predicted molar refractivity (Wildman–Crippen MR) is 187 cm³/mol. The van der Waals surface area contributed by atoms with E-state index >= 15 is 0 Å². The van der Waals surface area contributed by atoms with Crippen LogP contribution in [0.5, 0.6) is 5.75 Å². The molecule has 9 nitrogen and oxygen atoms in total. The van der Waals surface area contributed by atoms with Crippen LogP contribution in [0.25, 0.3) is 22.2 Å². The van der Waals surface area contributed by atoms with Crippen LogP contribution < -0.4 is 10.1 Å². The van der Waals surface area contributed by atoms with Crippen LogP contribution in [-0.2, 0) is 36.8 Å². The number of rotatable bonds is 16. The number of hydrogen-bond donors (Lipinski definition) is 2. The quantitative estimate of drug-likeness (QED) is 0.102. The highest BCUT2D eigenvalue weighted by Gasteiger charge is 2.42. The molecule has 2 N–H and O–H groups in total. The third-order valence-corrected chi connectivity index (χ3v) is 8.57. The Labute approximate surface area is 283 Å². The van der Waals surface area contributed by atoms with Gasteiger partial charge in [0.05, 0.1) is 12.1 Å². The molecule has 4 rings (SSSR count). The summed E-state index contributed by atoms with van der Waals surface area (Å²) in [5, 5.41) is 4.14. The summed E-state index contributed by atoms with van der Waals surface area (Å²) in [6.45, 7) is 7.31. The lowest BCUT2D eigenvalue weighted by Crippen LogP contribution is -2.61. The molecule has 0 saturated carbocycles. The van der Waals surface area contributed by atoms with Gasteiger partial charge < -0.3 is 24.7 Å². The van der Waals surface area contributed by atoms with Gasteiger partial charge in [-0.25, -0.2) is 0 Å². The van der Waals surface area contributed by atoms with Crippen LogP contribution in [0.15, 0.2) is 78.9 Å². The fraction of sp³-hybridized carbons (Fsp3) is 0.385. The number of nitrogens with zero attached hydrogens (tertiary/aromatic N) is 1. The fourth-order valence-electron chi connectivity index (χ4n) is 6.18. The Bertz CT molecular complexity index is 1700. The number of benzene rings is 3. The molecule has 0 fully saturated rings. The van der Waals surface area contributed by atoms with Gasteiger partial charge in [0, 0.05) is 44.8 Å². The van der Waals surface area contributed by atoms with E-state index in [4.69, 9.17) is 9.47 Å². The minimum Gasteiger partial charge on any atom is -0.463 e. The molecule has 9 heteroatoms. The summed E-state index contributed by atoms with van der Waals surface area (Å²) >= 11 is 0. The Hall–Kier alpha value is -4.92. The summed E-state index contributed by atoms with van der Waals surface area (Å²) in [5.41, 5.74) is 2.88. The minimum absolute atomic E-state index is 0.00862. The molecule has 3 aromatic carbocycles. The molecule has 0 aliphatic carbocycles. The summed E-state index contributed by atoms with van der Waals surface area (Å²) in [4.78, 5) is 57.3. The zero-order valence-electron chi connectivity index (χ0n) is 28.6. The Morgan fingerprint density at radius 2 is 1.58 bits per heavy atom. The number of likely N-dealkylation sites (N-methyl/N-ethyl adjacent to an activating group) is 1. The van der Waals surface area contributed by atoms with Gasteiger partial charge in [-0.1, -0.05) is 68.8 Å². The van der Waals surface area contributed by atoms with Crippen molar-refractivity contribution in [1.29, 1.82) is 0 Å². The number of H-pyrrole nitrogens is 1. The van der Waals surface area contributed by atoms with Crippen LogP contribution in [0.1, 0.15) is 70.9 Å². The molecule has 0 radical (unpaired) electrons. The number of aromatic amines is 1. The van der Waals surface area contributed by atoms with Crippen molar-refractivity contribution in [3.63, 3.8) is 0 Å². The summed E-state index contributed by atoms with van der Waals surface area (Å²) in [7, 11) is 1.78. The molecular formula is C39H47N3O6. The van der Waals surface area contributed by atoms with Gasteiger partial charge in [-0.05, 0) is 72.7 Å². The third kappa shape index (κ3) is 9.33. The first kappa shape index (κ1) is 35.9. The Kier molecular flexibility index (Phi) is 12.5. The van der Waals surface area contributed by atoms with E-state index in [-0.39, 0.29) is 37.0 Å². The largest absolute Gasteiger partial charge is 0.463 e. The lowest BCUT2D eigenvalue weighted by atomic mass is 9.83. The summed E-state index contributed by atoms with van der Waals surface area (Å²) in [6, 6.07) is 24.6. The summed E-state index contributed by atoms with van der Waals surface area (Å²) in [5.74, 6) is -0.828. The number of aromatic nitrogens is 1. The van der Waals surface area contributed by atoms with Gasteiger partial charge in [0.25, 0.3) is 0 Å². The van der Waals surface area contributed by atoms with Crippen molar-refractivity contribution in [2.24, 2.45) is 0 Å². The van der Waals surface area contributed by atoms with Gasteiger partial charge in [0.15, 0.2) is 0 Å². The van der Waals surface area contributed by atoms with E-state index in [9.17, 15) is 19.2 Å². The number of unbranched alkanes of at least 4 members (excludes halogenated alkanes) is 1. The maximum Gasteiger partial charge on any atom is 0.308 e. The van der Waals surface area contributed by atoms with Crippen LogP contribution in [0.2, 0.25) is 0 Å². The highest BCUT2D eigenvalue weighted by Crippen LogP contribution is 2.33. The van der Waals surface area contributed by atoms with E-state index in [1.54, 1.807) is 24.1 Å². The third-order valence-electron chi connectivity index (χ3n) is 8.57. The molecule has 254 valence electrons. The molecule has 4 aromatic rings. The zero-order valence-corrected chi connectivity index (χ0v) is 28.6. The van der Waals surface area contributed by atoms with E-state index in [0.29, 0.717) is 25.1 Å². The maximum absolute atomic E-state index is 14.5. The van der Waals surface area contributed by atoms with E-state index in [0.717, 1.165) is 46.1 Å². The first-order valence-corrected chi connectivity index (χ1v) is 16.7. The number of hydrogen-bond acceptors (Lipinski definition) is 6. The van der Waals surface area contributed by atoms with Crippen molar-refractivity contribution in [3.8, 4) is 17.0 Å². The topological polar surface area (TPSA) is 118 Å². The first-order chi connectivity index (χ1) is 23.0. The highest BCUT2D eigenvalue weighted by molar-refractivity contribution is 5.97. The zero-order chi connectivity index (χ0) is 34.7. The fourth-order valence-corrected chi connectivity index (χ4v) is 6.18. The molecule has 1 heterocycles. The SMILES string of the molecule is CCCCN(C)C(=O)C(CCC(CC)OC(C)=O)(Cc1ccccc1)NC(=O)Cc1c(-c2ccc(OC(C)=O)cc2)[nH]c2ccccc12. The van der Waals surface area contributed by atoms with E-state index in [1.165, 1.54) is 13.8 Å². The van der Waals surface area contributed by atoms with Crippen LogP contribution >= 0.6 is 0 Å². The van der Waals surface area contributed by atoms with E-state index in [1.807, 2.05) is 73.7 Å². The number of amides is 2. The number of carbonyl (C=O) groups excluding carboxylic acids is 4. The number of carbonyl (C=O) groups is 4. The normalized spacial score (nSPS) is 12.9. The molecule has 2 atom stereocenters. The number of esters is 2. The van der Waals surface area contributed by atoms with Gasteiger partial charge >= 0.3 is 11.9 Å². The predicted octanol–water partition coefficient (Wildman–Crippen LogP) is 6.78. The molecule has 2 amide bonds. The van der Waals surface area contributed by atoms with Gasteiger partial charge in [0.2, 0.25) is 11.8 Å². The molecule has 0 bridgehead atoms. The second-order valence-corrected chi connectivity index (χ2v) is 12.4. The average molecular weight is 654 g/mol. The van der Waals surface area contributed by atoms with Crippen molar-refractivity contribution in [2.75, 3.05) is 13.6 Å². The number of nitrogens with one attached hydrogen (secondary N) is 2. The van der Waals surface area contributed by atoms with Crippen LogP contribution in [0.3, 0.4) is 0 Å². The summed E-state index contributed by atoms with van der Waals surface area (Å²) < 4.78 is 10.8. The second kappa shape index (κ2) is 16.8. The van der Waals surface area contributed by atoms with Gasteiger partial charge in [-0.15, -0.1) is 0 Å². The Balaban J connectivity index is 1.74. The number of para-hydroxylation sites is 1. The average Bonchev–Trinajstić information content (AvgIpc) is 3.43. The second-order valence-electron chi connectivity index (χ2n) is 12.4. The van der Waals surface area contributed by atoms with Crippen molar-refractivity contribution in [1.82, 2.24) is 15.2 Å². The molecule has 1 aromatic heterocycles. The van der Waals surface area contributed by atoms with Gasteiger partial charge in [-0.3, -0.25) is 19.2 Å². The molecule has 2 unspecified atom stereocenters. The van der Waals surface area contributed by atoms with Gasteiger partial charge in [-0.2, -0.15) is 0 Å². The number of ether oxygens (including phenoxy) is 2. The first-order valence-electron chi connectivity index (χ1n) is 16.7. The Morgan fingerprint density at radius 3 is 2.23 bits per heavy atom. The van der Waals surface area contributed by atoms with Crippen LogP contribution in [0, 0.1) is 0 Å². The van der Waals surface area contributed by atoms with E-state index < -0.39 is 17.6 Å². The minimum atomic E-state index is -1.29. The lowest BCUT2D eigenvalue weighted by Gasteiger charge is -2.38. The summed E-state index contributed by atoms with van der Waals surface area (Å²) in [6.07, 6.45) is 2.93. The highest BCUT2D eigenvalue weighted by atomic mass is 16.5. The molecule has 0 aliphatic rings. The standard InChI is InChI=1S/C39H47N3O6/c1-6-8-24-42(5)38(46)39(26-29-14-10-9-11-15-29,23-22-31(7-2)47-27(3)43)41-36(45)25-34-33-16-12-13-17-35(33)40-37(34)30-18-20-32(21-19-30)48-28(4)44/h9-21,31,40H,6-8,22-26H2,1-5H3,(H,41,45). The van der Waals surface area contributed by atoms with Gasteiger partial charge in [0.1, 0.15) is 17.4 Å². The molecular weight excluding hydrogens is 606 g/mol. The maximum atomic E-state index is 14.5. The van der Waals surface area contributed by atoms with Crippen LogP contribution in [-0.4, -0.2) is 58.9 Å². The number of fused-ring (bicyclic) bond motifs is 1. The van der Waals surface area contributed by atoms with Crippen LogP contribution in [0.4, 0.5) is 0 Å². The lowest BCUT2D eigenvalue weighted by molar-refractivity contribution is -0.148. The molecule has 0 aliphatic heterocycles. The van der Waals surface area contributed by atoms with Crippen molar-refractivity contribution in [2.45, 2.75) is 84.3 Å². The van der Waals surface area contributed by atoms with Crippen molar-refractivity contribution in [3.05, 3.63) is 90.0 Å².